The Labute approximate surface area is 112 Å². The van der Waals surface area contributed by atoms with Crippen LogP contribution in [0.25, 0.3) is 0 Å². The summed E-state index contributed by atoms with van der Waals surface area (Å²) in [5.74, 6) is 1.53. The number of nitrogens with two attached hydrogens (primary N) is 1. The first-order valence-electron chi connectivity index (χ1n) is 6.29. The quantitative estimate of drug-likeness (QED) is 0.570. The SMILES string of the molecule is CSc1nc(N)cc(NCC2CCCCC2O)n1. The predicted octanol–water partition coefficient (Wildman–Crippen LogP) is 1.74. The molecule has 2 atom stereocenters. The minimum absolute atomic E-state index is 0.189. The third-order valence-corrected chi connectivity index (χ3v) is 3.87. The van der Waals surface area contributed by atoms with Gasteiger partial charge in [0.15, 0.2) is 5.16 Å². The Morgan fingerprint density at radius 2 is 2.22 bits per heavy atom. The van der Waals surface area contributed by atoms with E-state index in [0.29, 0.717) is 16.9 Å². The molecule has 1 aromatic heterocycles. The molecule has 1 saturated carbocycles. The highest BCUT2D eigenvalue weighted by atomic mass is 32.2. The number of aliphatic hydroxyl groups excluding tert-OH is 1. The molecule has 1 fully saturated rings. The molecule has 1 heterocycles. The summed E-state index contributed by atoms with van der Waals surface area (Å²) in [5.41, 5.74) is 5.72. The van der Waals surface area contributed by atoms with Gasteiger partial charge < -0.3 is 16.2 Å². The van der Waals surface area contributed by atoms with E-state index in [1.165, 1.54) is 18.2 Å². The average Bonchev–Trinajstić information content (AvgIpc) is 2.37. The second-order valence-electron chi connectivity index (χ2n) is 4.66. The van der Waals surface area contributed by atoms with Gasteiger partial charge >= 0.3 is 0 Å². The van der Waals surface area contributed by atoms with E-state index in [2.05, 4.69) is 15.3 Å². The highest BCUT2D eigenvalue weighted by Gasteiger charge is 2.22. The lowest BCUT2D eigenvalue weighted by molar-refractivity contribution is 0.0763. The first-order valence-corrected chi connectivity index (χ1v) is 7.52. The summed E-state index contributed by atoms with van der Waals surface area (Å²) in [5, 5.41) is 13.8. The molecule has 100 valence electrons. The number of nitrogens with zero attached hydrogens (tertiary/aromatic N) is 2. The molecule has 0 radical (unpaired) electrons. The minimum atomic E-state index is -0.189. The van der Waals surface area contributed by atoms with Crippen LogP contribution in [0.4, 0.5) is 11.6 Å². The molecule has 18 heavy (non-hydrogen) atoms. The average molecular weight is 268 g/mol. The molecule has 4 N–H and O–H groups in total. The third kappa shape index (κ3) is 3.49. The summed E-state index contributed by atoms with van der Waals surface area (Å²) in [7, 11) is 0. The third-order valence-electron chi connectivity index (χ3n) is 3.32. The second kappa shape index (κ2) is 6.24. The normalized spacial score (nSPS) is 23.9. The van der Waals surface area contributed by atoms with Crippen LogP contribution in [0.3, 0.4) is 0 Å². The van der Waals surface area contributed by atoms with Crippen molar-refractivity contribution in [1.82, 2.24) is 9.97 Å². The van der Waals surface area contributed by atoms with E-state index in [9.17, 15) is 5.11 Å². The molecule has 0 spiro atoms. The summed E-state index contributed by atoms with van der Waals surface area (Å²) >= 11 is 1.47. The molecular formula is C12H20N4OS. The summed E-state index contributed by atoms with van der Waals surface area (Å²) in [6.45, 7) is 0.742. The topological polar surface area (TPSA) is 84.1 Å². The highest BCUT2D eigenvalue weighted by molar-refractivity contribution is 7.98. The molecule has 1 aromatic rings. The Balaban J connectivity index is 1.94. The molecule has 0 bridgehead atoms. The first-order chi connectivity index (χ1) is 8.69. The maximum atomic E-state index is 9.90. The number of anilines is 2. The van der Waals surface area contributed by atoms with Gasteiger partial charge in [0.05, 0.1) is 6.10 Å². The van der Waals surface area contributed by atoms with Gasteiger partial charge in [-0.1, -0.05) is 24.6 Å². The van der Waals surface area contributed by atoms with Crippen molar-refractivity contribution >= 4 is 23.4 Å². The fraction of sp³-hybridized carbons (Fsp3) is 0.667. The van der Waals surface area contributed by atoms with Crippen molar-refractivity contribution in [2.75, 3.05) is 23.9 Å². The zero-order valence-corrected chi connectivity index (χ0v) is 11.4. The zero-order chi connectivity index (χ0) is 13.0. The van der Waals surface area contributed by atoms with Crippen LogP contribution in [0.5, 0.6) is 0 Å². The number of rotatable bonds is 4. The van der Waals surface area contributed by atoms with Gasteiger partial charge in [-0.15, -0.1) is 0 Å². The van der Waals surface area contributed by atoms with Crippen LogP contribution in [-0.4, -0.2) is 34.0 Å². The van der Waals surface area contributed by atoms with Gasteiger partial charge in [0, 0.05) is 18.5 Å². The van der Waals surface area contributed by atoms with Gasteiger partial charge in [-0.2, -0.15) is 0 Å². The number of hydrogen-bond acceptors (Lipinski definition) is 6. The van der Waals surface area contributed by atoms with Gasteiger partial charge in [0.2, 0.25) is 0 Å². The molecule has 0 aliphatic heterocycles. The predicted molar refractivity (Wildman–Crippen MR) is 74.7 cm³/mol. The highest BCUT2D eigenvalue weighted by Crippen LogP contribution is 2.25. The van der Waals surface area contributed by atoms with Crippen molar-refractivity contribution in [2.24, 2.45) is 5.92 Å². The lowest BCUT2D eigenvalue weighted by Crippen LogP contribution is -2.30. The molecule has 0 saturated heterocycles. The Hall–Kier alpha value is -1.01. The molecule has 2 rings (SSSR count). The summed E-state index contributed by atoms with van der Waals surface area (Å²) in [6.07, 6.45) is 6.05. The molecule has 5 nitrogen and oxygen atoms in total. The van der Waals surface area contributed by atoms with E-state index in [-0.39, 0.29) is 6.10 Å². The number of thioether (sulfide) groups is 1. The van der Waals surface area contributed by atoms with Crippen LogP contribution in [-0.2, 0) is 0 Å². The van der Waals surface area contributed by atoms with E-state index in [1.54, 1.807) is 6.07 Å². The Morgan fingerprint density at radius 3 is 2.94 bits per heavy atom. The molecule has 1 aliphatic rings. The van der Waals surface area contributed by atoms with Crippen LogP contribution in [0.1, 0.15) is 25.7 Å². The lowest BCUT2D eigenvalue weighted by atomic mass is 9.86. The van der Waals surface area contributed by atoms with Crippen LogP contribution in [0.2, 0.25) is 0 Å². The van der Waals surface area contributed by atoms with Crippen molar-refractivity contribution in [3.63, 3.8) is 0 Å². The van der Waals surface area contributed by atoms with Gasteiger partial charge in [0.25, 0.3) is 0 Å². The van der Waals surface area contributed by atoms with E-state index >= 15 is 0 Å². The van der Waals surface area contributed by atoms with Crippen molar-refractivity contribution in [2.45, 2.75) is 36.9 Å². The van der Waals surface area contributed by atoms with Crippen molar-refractivity contribution in [3.05, 3.63) is 6.07 Å². The number of nitrogen functional groups attached to an aromatic ring is 1. The number of aliphatic hydroxyl groups is 1. The van der Waals surface area contributed by atoms with Gasteiger partial charge in [-0.25, -0.2) is 9.97 Å². The van der Waals surface area contributed by atoms with Gasteiger partial charge in [0.1, 0.15) is 11.6 Å². The molecule has 6 heteroatoms. The summed E-state index contributed by atoms with van der Waals surface area (Å²) < 4.78 is 0. The Morgan fingerprint density at radius 1 is 1.44 bits per heavy atom. The van der Waals surface area contributed by atoms with Crippen LogP contribution < -0.4 is 11.1 Å². The Kier molecular flexibility index (Phi) is 4.66. The van der Waals surface area contributed by atoms with E-state index in [1.807, 2.05) is 6.26 Å². The molecule has 0 aromatic carbocycles. The standard InChI is InChI=1S/C12H20N4OS/c1-18-12-15-10(13)6-11(16-12)14-7-8-4-2-3-5-9(8)17/h6,8-9,17H,2-5,7H2,1H3,(H3,13,14,15,16). The molecule has 1 aliphatic carbocycles. The number of nitrogens with one attached hydrogen (secondary N) is 1. The smallest absolute Gasteiger partial charge is 0.191 e. The number of aromatic nitrogens is 2. The van der Waals surface area contributed by atoms with Gasteiger partial charge in [-0.05, 0) is 19.1 Å². The summed E-state index contributed by atoms with van der Waals surface area (Å²) in [4.78, 5) is 8.44. The summed E-state index contributed by atoms with van der Waals surface area (Å²) in [6, 6.07) is 1.73. The maximum Gasteiger partial charge on any atom is 0.191 e. The maximum absolute atomic E-state index is 9.90. The molecule has 2 unspecified atom stereocenters. The number of hydrogen-bond donors (Lipinski definition) is 3. The van der Waals surface area contributed by atoms with Crippen molar-refractivity contribution < 1.29 is 5.11 Å². The second-order valence-corrected chi connectivity index (χ2v) is 5.43. The monoisotopic (exact) mass is 268 g/mol. The van der Waals surface area contributed by atoms with Crippen molar-refractivity contribution in [1.29, 1.82) is 0 Å². The van der Waals surface area contributed by atoms with E-state index < -0.39 is 0 Å². The molecule has 0 amide bonds. The van der Waals surface area contributed by atoms with E-state index in [4.69, 9.17) is 5.73 Å². The Bertz CT molecular complexity index is 402. The fourth-order valence-electron chi connectivity index (χ4n) is 2.29. The van der Waals surface area contributed by atoms with Crippen LogP contribution >= 0.6 is 11.8 Å². The largest absolute Gasteiger partial charge is 0.393 e. The van der Waals surface area contributed by atoms with Crippen LogP contribution in [0.15, 0.2) is 11.2 Å². The minimum Gasteiger partial charge on any atom is -0.393 e. The van der Waals surface area contributed by atoms with E-state index in [0.717, 1.165) is 31.6 Å². The van der Waals surface area contributed by atoms with Crippen molar-refractivity contribution in [3.8, 4) is 0 Å². The fourth-order valence-corrected chi connectivity index (χ4v) is 2.67. The molecular weight excluding hydrogens is 248 g/mol. The van der Waals surface area contributed by atoms with Gasteiger partial charge in [-0.3, -0.25) is 0 Å². The zero-order valence-electron chi connectivity index (χ0n) is 10.6. The van der Waals surface area contributed by atoms with Crippen LogP contribution in [0, 0.1) is 5.92 Å². The first kappa shape index (κ1) is 13.4. The lowest BCUT2D eigenvalue weighted by Gasteiger charge is -2.27.